The molecule has 0 fully saturated rings. The number of rotatable bonds is 4. The van der Waals surface area contributed by atoms with Crippen LogP contribution in [0.3, 0.4) is 0 Å². The fourth-order valence-corrected chi connectivity index (χ4v) is 1.57. The average Bonchev–Trinajstić information content (AvgIpc) is 2.87. The molecule has 0 atom stereocenters. The minimum absolute atomic E-state index is 0.164. The number of benzene rings is 1. The second-order valence-electron chi connectivity index (χ2n) is 4.79. The predicted molar refractivity (Wildman–Crippen MR) is 70.2 cm³/mol. The maximum absolute atomic E-state index is 11.0. The summed E-state index contributed by atoms with van der Waals surface area (Å²) in [5.74, 6) is 0.660. The monoisotopic (exact) mass is 278 g/mol. The van der Waals surface area contributed by atoms with Gasteiger partial charge in [-0.25, -0.2) is 0 Å². The third-order valence-electron chi connectivity index (χ3n) is 2.62. The first-order valence-electron chi connectivity index (χ1n) is 5.79. The van der Waals surface area contributed by atoms with Gasteiger partial charge in [-0.05, 0) is 26.0 Å². The van der Waals surface area contributed by atoms with Gasteiger partial charge in [-0.15, -0.1) is 0 Å². The van der Waals surface area contributed by atoms with Crippen LogP contribution in [-0.4, -0.2) is 22.2 Å². The lowest BCUT2D eigenvalue weighted by atomic mass is 10.1. The van der Waals surface area contributed by atoms with E-state index >= 15 is 0 Å². The van der Waals surface area contributed by atoms with Gasteiger partial charge in [0.15, 0.2) is 11.6 Å². The Hall–Kier alpha value is -2.48. The second-order valence-corrected chi connectivity index (χ2v) is 4.79. The molecule has 0 radical (unpaired) electrons. The lowest BCUT2D eigenvalue weighted by Crippen LogP contribution is -2.30. The van der Waals surface area contributed by atoms with E-state index in [1.165, 1.54) is 19.2 Å². The van der Waals surface area contributed by atoms with E-state index in [2.05, 4.69) is 10.1 Å². The molecule has 0 unspecified atom stereocenters. The third kappa shape index (κ3) is 2.59. The minimum Gasteiger partial charge on any atom is -0.490 e. The Kier molecular flexibility index (Phi) is 3.41. The molecular formula is C12H14N4O4. The highest BCUT2D eigenvalue weighted by molar-refractivity contribution is 5.62. The molecule has 106 valence electrons. The second kappa shape index (κ2) is 4.89. The van der Waals surface area contributed by atoms with Crippen molar-refractivity contribution < 1.29 is 14.2 Å². The largest absolute Gasteiger partial charge is 0.490 e. The van der Waals surface area contributed by atoms with Gasteiger partial charge in [0.05, 0.1) is 17.6 Å². The Morgan fingerprint density at radius 1 is 1.45 bits per heavy atom. The number of hydrogen-bond donors (Lipinski definition) is 1. The topological polar surface area (TPSA) is 117 Å². The van der Waals surface area contributed by atoms with Gasteiger partial charge in [0, 0.05) is 11.6 Å². The number of aromatic nitrogens is 2. The fourth-order valence-electron chi connectivity index (χ4n) is 1.57. The van der Waals surface area contributed by atoms with Gasteiger partial charge in [0.1, 0.15) is 0 Å². The highest BCUT2D eigenvalue weighted by atomic mass is 16.6. The first-order chi connectivity index (χ1) is 9.32. The van der Waals surface area contributed by atoms with Crippen LogP contribution >= 0.6 is 0 Å². The number of nitrogens with two attached hydrogens (primary N) is 1. The first-order valence-corrected chi connectivity index (χ1v) is 5.79. The smallest absolute Gasteiger partial charge is 0.311 e. The maximum Gasteiger partial charge on any atom is 0.311 e. The van der Waals surface area contributed by atoms with Gasteiger partial charge in [0.25, 0.3) is 5.89 Å². The Morgan fingerprint density at radius 3 is 2.65 bits per heavy atom. The predicted octanol–water partition coefficient (Wildman–Crippen LogP) is 1.85. The Bertz CT molecular complexity index is 645. The van der Waals surface area contributed by atoms with E-state index in [1.54, 1.807) is 19.9 Å². The molecule has 0 aliphatic rings. The number of ether oxygens (including phenoxy) is 1. The number of methoxy groups -OCH3 is 1. The van der Waals surface area contributed by atoms with Crippen LogP contribution in [0.5, 0.6) is 5.75 Å². The zero-order chi connectivity index (χ0) is 14.9. The van der Waals surface area contributed by atoms with Gasteiger partial charge in [0.2, 0.25) is 0 Å². The van der Waals surface area contributed by atoms with E-state index in [-0.39, 0.29) is 17.3 Å². The first kappa shape index (κ1) is 13.9. The number of nitro benzene ring substituents is 1. The summed E-state index contributed by atoms with van der Waals surface area (Å²) in [4.78, 5) is 14.6. The average molecular weight is 278 g/mol. The van der Waals surface area contributed by atoms with Crippen LogP contribution in [0.15, 0.2) is 22.7 Å². The highest BCUT2D eigenvalue weighted by Gasteiger charge is 2.23. The molecule has 2 rings (SSSR count). The number of hydrogen-bond acceptors (Lipinski definition) is 7. The van der Waals surface area contributed by atoms with E-state index in [0.29, 0.717) is 11.4 Å². The molecule has 20 heavy (non-hydrogen) atoms. The molecule has 1 aromatic heterocycles. The molecule has 0 aliphatic carbocycles. The summed E-state index contributed by atoms with van der Waals surface area (Å²) in [5, 5.41) is 14.7. The zero-order valence-electron chi connectivity index (χ0n) is 11.3. The van der Waals surface area contributed by atoms with Crippen molar-refractivity contribution in [1.82, 2.24) is 10.1 Å². The van der Waals surface area contributed by atoms with Crippen LogP contribution < -0.4 is 10.5 Å². The van der Waals surface area contributed by atoms with Crippen molar-refractivity contribution in [3.8, 4) is 17.2 Å². The van der Waals surface area contributed by atoms with Crippen LogP contribution in [0.1, 0.15) is 19.7 Å². The van der Waals surface area contributed by atoms with Crippen LogP contribution in [0.2, 0.25) is 0 Å². The van der Waals surface area contributed by atoms with E-state index in [1.807, 2.05) is 0 Å². The van der Waals surface area contributed by atoms with Crippen LogP contribution in [-0.2, 0) is 5.54 Å². The van der Waals surface area contributed by atoms with E-state index in [9.17, 15) is 10.1 Å². The summed E-state index contributed by atoms with van der Waals surface area (Å²) in [7, 11) is 1.36. The summed E-state index contributed by atoms with van der Waals surface area (Å²) in [6.45, 7) is 3.47. The maximum atomic E-state index is 11.0. The molecule has 0 saturated carbocycles. The van der Waals surface area contributed by atoms with Crippen molar-refractivity contribution in [1.29, 1.82) is 0 Å². The van der Waals surface area contributed by atoms with Crippen LogP contribution in [0.25, 0.3) is 11.5 Å². The summed E-state index contributed by atoms with van der Waals surface area (Å²) < 4.78 is 10.0. The lowest BCUT2D eigenvalue weighted by Gasteiger charge is -2.11. The summed E-state index contributed by atoms with van der Waals surface area (Å²) in [6, 6.07) is 4.40. The third-order valence-corrected chi connectivity index (χ3v) is 2.62. The van der Waals surface area contributed by atoms with Gasteiger partial charge in [-0.1, -0.05) is 5.16 Å². The quantitative estimate of drug-likeness (QED) is 0.669. The highest BCUT2D eigenvalue weighted by Crippen LogP contribution is 2.31. The van der Waals surface area contributed by atoms with Gasteiger partial charge < -0.3 is 15.0 Å². The number of nitrogens with zero attached hydrogens (tertiary/aromatic N) is 3. The molecule has 1 aromatic carbocycles. The Labute approximate surface area is 114 Å². The molecule has 0 aliphatic heterocycles. The standard InChI is InChI=1S/C12H14N4O4/c1-12(2,13)11-14-10(20-15-11)7-4-5-9(19-3)8(6-7)16(17)18/h4-6H,13H2,1-3H3. The van der Waals surface area contributed by atoms with Crippen molar-refractivity contribution in [3.05, 3.63) is 34.1 Å². The van der Waals surface area contributed by atoms with Crippen LogP contribution in [0, 0.1) is 10.1 Å². The molecular weight excluding hydrogens is 264 g/mol. The van der Waals surface area contributed by atoms with Crippen molar-refractivity contribution in [3.63, 3.8) is 0 Å². The molecule has 0 saturated heterocycles. The molecule has 2 N–H and O–H groups in total. The van der Waals surface area contributed by atoms with E-state index in [0.717, 1.165) is 0 Å². The van der Waals surface area contributed by atoms with Gasteiger partial charge in [-0.2, -0.15) is 4.98 Å². The SMILES string of the molecule is COc1ccc(-c2nc(C(C)(C)N)no2)cc1[N+](=O)[O-]. The summed E-state index contributed by atoms with van der Waals surface area (Å²) in [5.41, 5.74) is 5.37. The van der Waals surface area contributed by atoms with Crippen molar-refractivity contribution in [2.75, 3.05) is 7.11 Å². The number of nitro groups is 1. The molecule has 0 amide bonds. The zero-order valence-corrected chi connectivity index (χ0v) is 11.3. The Morgan fingerprint density at radius 2 is 2.15 bits per heavy atom. The Balaban J connectivity index is 2.46. The molecule has 0 spiro atoms. The normalized spacial score (nSPS) is 11.4. The van der Waals surface area contributed by atoms with Crippen molar-refractivity contribution in [2.45, 2.75) is 19.4 Å². The molecule has 2 aromatic rings. The molecule has 0 bridgehead atoms. The van der Waals surface area contributed by atoms with Crippen LogP contribution in [0.4, 0.5) is 5.69 Å². The summed E-state index contributed by atoms with van der Waals surface area (Å²) in [6.07, 6.45) is 0. The molecule has 8 nitrogen and oxygen atoms in total. The van der Waals surface area contributed by atoms with Crippen molar-refractivity contribution in [2.24, 2.45) is 5.73 Å². The fraction of sp³-hybridized carbons (Fsp3) is 0.333. The molecule has 1 heterocycles. The van der Waals surface area contributed by atoms with Gasteiger partial charge in [-0.3, -0.25) is 10.1 Å². The molecule has 8 heteroatoms. The van der Waals surface area contributed by atoms with E-state index in [4.69, 9.17) is 15.0 Å². The minimum atomic E-state index is -0.750. The lowest BCUT2D eigenvalue weighted by molar-refractivity contribution is -0.385. The van der Waals surface area contributed by atoms with Gasteiger partial charge >= 0.3 is 5.69 Å². The summed E-state index contributed by atoms with van der Waals surface area (Å²) >= 11 is 0. The van der Waals surface area contributed by atoms with Crippen molar-refractivity contribution >= 4 is 5.69 Å². The van der Waals surface area contributed by atoms with E-state index < -0.39 is 10.5 Å².